The van der Waals surface area contributed by atoms with Gasteiger partial charge in [0, 0.05) is 17.4 Å². The molecule has 3 aliphatic rings. The maximum absolute atomic E-state index is 9.75. The first-order chi connectivity index (χ1) is 11.1. The van der Waals surface area contributed by atoms with Crippen LogP contribution in [0.4, 0.5) is 0 Å². The summed E-state index contributed by atoms with van der Waals surface area (Å²) in [7, 11) is 0. The van der Waals surface area contributed by atoms with Crippen molar-refractivity contribution in [3.63, 3.8) is 0 Å². The zero-order valence-corrected chi connectivity index (χ0v) is 14.0. The third-order valence-corrected chi connectivity index (χ3v) is 6.17. The molecule has 0 aromatic heterocycles. The lowest BCUT2D eigenvalue weighted by molar-refractivity contribution is 0.196. The number of allylic oxidation sites excluding steroid dienone is 4. The molecule has 118 valence electrons. The summed E-state index contributed by atoms with van der Waals surface area (Å²) in [6, 6.07) is 5.90. The average Bonchev–Trinajstić information content (AvgIpc) is 2.89. The Morgan fingerprint density at radius 1 is 1.30 bits per heavy atom. The molecule has 3 aliphatic carbocycles. The molecule has 1 aromatic rings. The van der Waals surface area contributed by atoms with Crippen LogP contribution in [-0.4, -0.2) is 5.11 Å². The van der Waals surface area contributed by atoms with Crippen molar-refractivity contribution in [3.8, 4) is 17.6 Å². The second-order valence-electron chi connectivity index (χ2n) is 7.38. The number of phenolic OH excluding ortho intramolecular Hbond substituents is 1. The van der Waals surface area contributed by atoms with Crippen molar-refractivity contribution in [1.29, 1.82) is 0 Å². The van der Waals surface area contributed by atoms with Gasteiger partial charge in [0.15, 0.2) is 0 Å². The monoisotopic (exact) mass is 304 g/mol. The van der Waals surface area contributed by atoms with Crippen molar-refractivity contribution in [2.75, 3.05) is 0 Å². The van der Waals surface area contributed by atoms with E-state index in [1.165, 1.54) is 35.1 Å². The summed E-state index contributed by atoms with van der Waals surface area (Å²) in [6.45, 7) is 4.54. The van der Waals surface area contributed by atoms with Gasteiger partial charge in [-0.2, -0.15) is 0 Å². The summed E-state index contributed by atoms with van der Waals surface area (Å²) < 4.78 is 0. The first-order valence-electron chi connectivity index (χ1n) is 8.85. The molecule has 4 rings (SSSR count). The molecular weight excluding hydrogens is 280 g/mol. The maximum atomic E-state index is 9.75. The Morgan fingerprint density at radius 2 is 2.17 bits per heavy atom. The smallest absolute Gasteiger partial charge is 0.115 e. The molecule has 0 fully saturated rings. The molecule has 23 heavy (non-hydrogen) atoms. The van der Waals surface area contributed by atoms with Crippen LogP contribution < -0.4 is 0 Å². The summed E-state index contributed by atoms with van der Waals surface area (Å²) in [6.07, 6.45) is 10.3. The Kier molecular flexibility index (Phi) is 3.38. The van der Waals surface area contributed by atoms with Gasteiger partial charge in [-0.05, 0) is 66.4 Å². The highest BCUT2D eigenvalue weighted by molar-refractivity contribution is 5.74. The van der Waals surface area contributed by atoms with Gasteiger partial charge in [-0.1, -0.05) is 43.9 Å². The number of benzene rings is 1. The van der Waals surface area contributed by atoms with Gasteiger partial charge < -0.3 is 5.11 Å². The first kappa shape index (κ1) is 14.6. The normalized spacial score (nSPS) is 31.0. The highest BCUT2D eigenvalue weighted by atomic mass is 16.3. The van der Waals surface area contributed by atoms with E-state index in [4.69, 9.17) is 0 Å². The quantitative estimate of drug-likeness (QED) is 0.661. The second kappa shape index (κ2) is 5.31. The molecule has 0 spiro atoms. The number of fused-ring (bicyclic) bond motifs is 5. The summed E-state index contributed by atoms with van der Waals surface area (Å²) in [5.41, 5.74) is 5.80. The van der Waals surface area contributed by atoms with E-state index in [1.54, 1.807) is 0 Å². The van der Waals surface area contributed by atoms with Gasteiger partial charge in [0.1, 0.15) is 5.75 Å². The van der Waals surface area contributed by atoms with E-state index >= 15 is 0 Å². The predicted octanol–water partition coefficient (Wildman–Crippen LogP) is 5.11. The molecule has 0 unspecified atom stereocenters. The fourth-order valence-electron chi connectivity index (χ4n) is 4.92. The summed E-state index contributed by atoms with van der Waals surface area (Å²) >= 11 is 0. The van der Waals surface area contributed by atoms with Crippen molar-refractivity contribution >= 4 is 5.57 Å². The number of hydrogen-bond acceptors (Lipinski definition) is 1. The Morgan fingerprint density at radius 3 is 3.00 bits per heavy atom. The predicted molar refractivity (Wildman–Crippen MR) is 94.9 cm³/mol. The Hall–Kier alpha value is -1.94. The van der Waals surface area contributed by atoms with Crippen LogP contribution in [-0.2, 0) is 6.42 Å². The lowest BCUT2D eigenvalue weighted by atomic mass is 9.58. The molecule has 0 radical (unpaired) electrons. The maximum Gasteiger partial charge on any atom is 0.115 e. The van der Waals surface area contributed by atoms with E-state index < -0.39 is 0 Å². The highest BCUT2D eigenvalue weighted by Crippen LogP contribution is 2.58. The summed E-state index contributed by atoms with van der Waals surface area (Å²) in [4.78, 5) is 0. The molecule has 0 heterocycles. The lowest BCUT2D eigenvalue weighted by Crippen LogP contribution is -2.36. The van der Waals surface area contributed by atoms with Crippen LogP contribution in [0.2, 0.25) is 0 Å². The fraction of sp³-hybridized carbons (Fsp3) is 0.455. The number of aryl methyl sites for hydroxylation is 1. The fourth-order valence-corrected chi connectivity index (χ4v) is 4.92. The van der Waals surface area contributed by atoms with Crippen LogP contribution in [0.15, 0.2) is 35.9 Å². The zero-order valence-electron chi connectivity index (χ0n) is 14.0. The number of phenols is 1. The van der Waals surface area contributed by atoms with Crippen LogP contribution >= 0.6 is 0 Å². The third-order valence-electron chi connectivity index (χ3n) is 6.17. The summed E-state index contributed by atoms with van der Waals surface area (Å²) in [5.74, 6) is 8.44. The molecule has 1 N–H and O–H groups in total. The molecule has 1 aromatic carbocycles. The Balaban J connectivity index is 1.73. The van der Waals surface area contributed by atoms with Crippen LogP contribution in [0, 0.1) is 29.1 Å². The summed E-state index contributed by atoms with van der Waals surface area (Å²) in [5, 5.41) is 9.75. The van der Waals surface area contributed by atoms with Gasteiger partial charge in [-0.25, -0.2) is 0 Å². The molecule has 0 aliphatic heterocycles. The number of aromatic hydroxyl groups is 1. The zero-order chi connectivity index (χ0) is 16.0. The van der Waals surface area contributed by atoms with Gasteiger partial charge in [0.2, 0.25) is 0 Å². The van der Waals surface area contributed by atoms with E-state index in [1.807, 2.05) is 12.1 Å². The largest absolute Gasteiger partial charge is 0.508 e. The lowest BCUT2D eigenvalue weighted by Gasteiger charge is -2.45. The van der Waals surface area contributed by atoms with Gasteiger partial charge >= 0.3 is 0 Å². The van der Waals surface area contributed by atoms with Crippen molar-refractivity contribution in [2.45, 2.75) is 46.0 Å². The molecule has 1 heteroatoms. The number of hydrogen-bond donors (Lipinski definition) is 1. The third kappa shape index (κ3) is 2.16. The van der Waals surface area contributed by atoms with E-state index in [-0.39, 0.29) is 5.41 Å². The average molecular weight is 304 g/mol. The van der Waals surface area contributed by atoms with Crippen molar-refractivity contribution in [2.24, 2.45) is 17.3 Å². The molecule has 0 bridgehead atoms. The van der Waals surface area contributed by atoms with Gasteiger partial charge in [0.05, 0.1) is 0 Å². The molecule has 0 amide bonds. The van der Waals surface area contributed by atoms with E-state index in [0.717, 1.165) is 19.3 Å². The van der Waals surface area contributed by atoms with Crippen molar-refractivity contribution in [3.05, 3.63) is 47.1 Å². The molecule has 0 saturated heterocycles. The second-order valence-corrected chi connectivity index (χ2v) is 7.38. The first-order valence-corrected chi connectivity index (χ1v) is 8.85. The minimum atomic E-state index is 0.227. The van der Waals surface area contributed by atoms with Crippen LogP contribution in [0.5, 0.6) is 5.75 Å². The number of rotatable bonds is 0. The minimum Gasteiger partial charge on any atom is -0.508 e. The molecule has 0 saturated carbocycles. The molecule has 3 atom stereocenters. The van der Waals surface area contributed by atoms with Crippen LogP contribution in [0.25, 0.3) is 5.57 Å². The topological polar surface area (TPSA) is 20.2 Å². The van der Waals surface area contributed by atoms with Gasteiger partial charge in [-0.15, -0.1) is 0 Å². The van der Waals surface area contributed by atoms with E-state index in [2.05, 4.69) is 43.9 Å². The minimum absolute atomic E-state index is 0.227. The van der Waals surface area contributed by atoms with E-state index in [9.17, 15) is 5.11 Å². The van der Waals surface area contributed by atoms with Crippen molar-refractivity contribution < 1.29 is 5.11 Å². The molecular formula is C22H24O. The standard InChI is InChI=1S/C22H24O/c1-3-4-5-16-7-11-21-20-9-6-15-14-17(23)8-10-18(15)19(20)12-13-22(16,21)2/h7-8,10,12,14,20-21,23H,3,6,9,11,13H2,1-2H3/t20-,21+,22-/m1/s1. The highest BCUT2D eigenvalue weighted by Gasteiger charge is 2.48. The Bertz CT molecular complexity index is 771. The van der Waals surface area contributed by atoms with Gasteiger partial charge in [0.25, 0.3) is 0 Å². The SMILES string of the molecule is CCC#CC1=CC[C@H]2[C@@H]3CCc4cc(O)ccc4C3=CC[C@]12C. The van der Waals surface area contributed by atoms with Gasteiger partial charge in [-0.3, -0.25) is 0 Å². The van der Waals surface area contributed by atoms with Crippen LogP contribution in [0.3, 0.4) is 0 Å². The van der Waals surface area contributed by atoms with Crippen molar-refractivity contribution in [1.82, 2.24) is 0 Å². The molecule has 1 nitrogen and oxygen atoms in total. The van der Waals surface area contributed by atoms with E-state index in [0.29, 0.717) is 17.6 Å². The Labute approximate surface area is 139 Å². The van der Waals surface area contributed by atoms with Crippen LogP contribution in [0.1, 0.15) is 50.7 Å².